The number of benzene rings is 1. The lowest BCUT2D eigenvalue weighted by Gasteiger charge is -2.31. The van der Waals surface area contributed by atoms with Crippen molar-refractivity contribution >= 4 is 21.6 Å². The summed E-state index contributed by atoms with van der Waals surface area (Å²) >= 11 is 3.65. The molecule has 0 amide bonds. The summed E-state index contributed by atoms with van der Waals surface area (Å²) < 4.78 is 1.12. The highest BCUT2D eigenvalue weighted by atomic mass is 79.9. The number of rotatable bonds is 7. The summed E-state index contributed by atoms with van der Waals surface area (Å²) in [7, 11) is 0. The van der Waals surface area contributed by atoms with Crippen LogP contribution in [-0.4, -0.2) is 12.6 Å². The van der Waals surface area contributed by atoms with Crippen molar-refractivity contribution in [1.82, 2.24) is 0 Å². The van der Waals surface area contributed by atoms with Gasteiger partial charge in [0.05, 0.1) is 0 Å². The molecule has 2 atom stereocenters. The van der Waals surface area contributed by atoms with Gasteiger partial charge in [0, 0.05) is 28.8 Å². The van der Waals surface area contributed by atoms with E-state index in [-0.39, 0.29) is 6.04 Å². The van der Waals surface area contributed by atoms with Crippen LogP contribution < -0.4 is 10.6 Å². The number of anilines is 1. The Bertz CT molecular complexity index is 390. The Morgan fingerprint density at radius 1 is 1.26 bits per heavy atom. The first-order valence-corrected chi connectivity index (χ1v) is 8.12. The highest BCUT2D eigenvalue weighted by Gasteiger charge is 2.14. The quantitative estimate of drug-likeness (QED) is 0.774. The van der Waals surface area contributed by atoms with Gasteiger partial charge >= 0.3 is 0 Å². The number of hydrogen-bond acceptors (Lipinski definition) is 2. The molecule has 0 aliphatic heterocycles. The molecule has 0 aliphatic carbocycles. The van der Waals surface area contributed by atoms with Crippen LogP contribution in [0.25, 0.3) is 0 Å². The smallest absolute Gasteiger partial charge is 0.0380 e. The fourth-order valence-electron chi connectivity index (χ4n) is 2.22. The third kappa shape index (κ3) is 4.50. The van der Waals surface area contributed by atoms with Crippen LogP contribution in [0.5, 0.6) is 0 Å². The van der Waals surface area contributed by atoms with Crippen LogP contribution in [0.3, 0.4) is 0 Å². The van der Waals surface area contributed by atoms with Crippen LogP contribution in [-0.2, 0) is 0 Å². The van der Waals surface area contributed by atoms with Gasteiger partial charge in [-0.25, -0.2) is 0 Å². The Balaban J connectivity index is 2.99. The van der Waals surface area contributed by atoms with Crippen LogP contribution in [0.1, 0.15) is 58.6 Å². The molecule has 0 fully saturated rings. The molecular weight excluding hydrogens is 300 g/mol. The predicted molar refractivity (Wildman–Crippen MR) is 88.8 cm³/mol. The molecule has 0 aromatic heterocycles. The third-order valence-electron chi connectivity index (χ3n) is 3.68. The molecule has 2 nitrogen and oxygen atoms in total. The van der Waals surface area contributed by atoms with Gasteiger partial charge in [-0.3, -0.25) is 0 Å². The number of unbranched alkanes of at least 4 members (excludes halogenated alkanes) is 1. The zero-order valence-corrected chi connectivity index (χ0v) is 14.2. The largest absolute Gasteiger partial charge is 0.369 e. The van der Waals surface area contributed by atoms with Crippen molar-refractivity contribution in [3.05, 3.63) is 28.2 Å². The van der Waals surface area contributed by atoms with E-state index in [0.29, 0.717) is 6.04 Å². The topological polar surface area (TPSA) is 29.3 Å². The lowest BCUT2D eigenvalue weighted by atomic mass is 10.1. The zero-order valence-electron chi connectivity index (χ0n) is 12.6. The van der Waals surface area contributed by atoms with Crippen LogP contribution in [0.4, 0.5) is 5.69 Å². The Hall–Kier alpha value is -0.540. The molecular formula is C16H27BrN2. The number of halogens is 1. The van der Waals surface area contributed by atoms with Gasteiger partial charge in [-0.15, -0.1) is 0 Å². The Morgan fingerprint density at radius 2 is 1.95 bits per heavy atom. The van der Waals surface area contributed by atoms with Gasteiger partial charge in [0.2, 0.25) is 0 Å². The Labute approximate surface area is 126 Å². The van der Waals surface area contributed by atoms with Crippen molar-refractivity contribution in [1.29, 1.82) is 0 Å². The summed E-state index contributed by atoms with van der Waals surface area (Å²) in [6, 6.07) is 7.19. The van der Waals surface area contributed by atoms with E-state index < -0.39 is 0 Å². The normalized spacial score (nSPS) is 14.2. The van der Waals surface area contributed by atoms with E-state index in [0.717, 1.165) is 17.4 Å². The van der Waals surface area contributed by atoms with Gasteiger partial charge < -0.3 is 10.6 Å². The molecule has 19 heavy (non-hydrogen) atoms. The molecule has 2 N–H and O–H groups in total. The Kier molecular flexibility index (Phi) is 6.87. The van der Waals surface area contributed by atoms with E-state index in [9.17, 15) is 0 Å². The first-order valence-electron chi connectivity index (χ1n) is 7.32. The second-order valence-corrected chi connectivity index (χ2v) is 6.15. The highest BCUT2D eigenvalue weighted by Crippen LogP contribution is 2.29. The minimum Gasteiger partial charge on any atom is -0.369 e. The van der Waals surface area contributed by atoms with Crippen LogP contribution in [0.15, 0.2) is 22.7 Å². The molecule has 0 radical (unpaired) electrons. The van der Waals surface area contributed by atoms with Crippen molar-refractivity contribution in [2.45, 2.75) is 59.0 Å². The van der Waals surface area contributed by atoms with Crippen molar-refractivity contribution in [3.8, 4) is 0 Å². The molecule has 0 saturated carbocycles. The minimum atomic E-state index is 0.0658. The predicted octanol–water partition coefficient (Wildman–Crippen LogP) is 4.87. The summed E-state index contributed by atoms with van der Waals surface area (Å²) in [5.74, 6) is 0. The van der Waals surface area contributed by atoms with E-state index in [2.05, 4.69) is 59.8 Å². The molecule has 0 spiro atoms. The van der Waals surface area contributed by atoms with Crippen molar-refractivity contribution < 1.29 is 0 Å². The molecule has 1 rings (SSSR count). The maximum Gasteiger partial charge on any atom is 0.0380 e. The number of nitrogens with two attached hydrogens (primary N) is 1. The fourth-order valence-corrected chi connectivity index (χ4v) is 2.94. The molecule has 0 saturated heterocycles. The fraction of sp³-hybridized carbons (Fsp3) is 0.625. The molecule has 108 valence electrons. The second kappa shape index (κ2) is 7.91. The van der Waals surface area contributed by atoms with Crippen molar-refractivity contribution in [3.63, 3.8) is 0 Å². The number of hydrogen-bond donors (Lipinski definition) is 1. The molecule has 0 bridgehead atoms. The number of nitrogens with zero attached hydrogens (tertiary/aromatic N) is 1. The summed E-state index contributed by atoms with van der Waals surface area (Å²) in [5.41, 5.74) is 8.42. The summed E-state index contributed by atoms with van der Waals surface area (Å²) in [5, 5.41) is 0. The van der Waals surface area contributed by atoms with Gasteiger partial charge in [0.25, 0.3) is 0 Å². The zero-order chi connectivity index (χ0) is 14.4. The maximum atomic E-state index is 5.96. The second-order valence-electron chi connectivity index (χ2n) is 5.30. The van der Waals surface area contributed by atoms with E-state index in [1.54, 1.807) is 0 Å². The van der Waals surface area contributed by atoms with Crippen LogP contribution in [0.2, 0.25) is 0 Å². The van der Waals surface area contributed by atoms with Crippen molar-refractivity contribution in [2.24, 2.45) is 5.73 Å². The maximum absolute atomic E-state index is 5.96. The van der Waals surface area contributed by atoms with Crippen LogP contribution >= 0.6 is 15.9 Å². The molecule has 1 aromatic carbocycles. The van der Waals surface area contributed by atoms with Gasteiger partial charge in [-0.2, -0.15) is 0 Å². The standard InChI is InChI=1S/C16H27BrN2/c1-5-7-10-19(12(3)6-2)14-8-9-15(13(4)18)16(17)11-14/h8-9,11-13H,5-7,10,18H2,1-4H3/t12?,13-/m1/s1. The van der Waals surface area contributed by atoms with E-state index in [4.69, 9.17) is 5.73 Å². The molecule has 1 aromatic rings. The average Bonchev–Trinajstić information content (AvgIpc) is 2.38. The molecule has 0 heterocycles. The lowest BCUT2D eigenvalue weighted by molar-refractivity contribution is 0.595. The van der Waals surface area contributed by atoms with Gasteiger partial charge in [0.15, 0.2) is 0 Å². The summed E-state index contributed by atoms with van der Waals surface area (Å²) in [6.07, 6.45) is 3.62. The minimum absolute atomic E-state index is 0.0658. The van der Waals surface area contributed by atoms with E-state index in [1.165, 1.54) is 24.1 Å². The van der Waals surface area contributed by atoms with E-state index >= 15 is 0 Å². The first kappa shape index (κ1) is 16.5. The highest BCUT2D eigenvalue weighted by molar-refractivity contribution is 9.10. The average molecular weight is 327 g/mol. The monoisotopic (exact) mass is 326 g/mol. The molecule has 1 unspecified atom stereocenters. The van der Waals surface area contributed by atoms with Gasteiger partial charge in [-0.05, 0) is 44.4 Å². The Morgan fingerprint density at radius 3 is 2.42 bits per heavy atom. The molecule has 0 aliphatic rings. The third-order valence-corrected chi connectivity index (χ3v) is 4.37. The van der Waals surface area contributed by atoms with Gasteiger partial charge in [0.1, 0.15) is 0 Å². The first-order chi connectivity index (χ1) is 9.01. The van der Waals surface area contributed by atoms with Crippen LogP contribution in [0, 0.1) is 0 Å². The summed E-state index contributed by atoms with van der Waals surface area (Å²) in [6.45, 7) is 9.92. The van der Waals surface area contributed by atoms with E-state index in [1.807, 2.05) is 6.92 Å². The van der Waals surface area contributed by atoms with Gasteiger partial charge in [-0.1, -0.05) is 42.3 Å². The lowest BCUT2D eigenvalue weighted by Crippen LogP contribution is -2.33. The SMILES string of the molecule is CCCCN(c1ccc([C@@H](C)N)c(Br)c1)C(C)CC. The summed E-state index contributed by atoms with van der Waals surface area (Å²) in [4.78, 5) is 2.50. The van der Waals surface area contributed by atoms with Crippen molar-refractivity contribution in [2.75, 3.05) is 11.4 Å². The molecule has 3 heteroatoms.